The number of aliphatic hydroxyl groups is 1. The van der Waals surface area contributed by atoms with Gasteiger partial charge in [-0.15, -0.1) is 11.3 Å². The van der Waals surface area contributed by atoms with Crippen molar-refractivity contribution in [3.63, 3.8) is 0 Å². The van der Waals surface area contributed by atoms with Gasteiger partial charge >= 0.3 is 0 Å². The lowest BCUT2D eigenvalue weighted by Crippen LogP contribution is -2.31. The molecule has 8 heteroatoms. The van der Waals surface area contributed by atoms with Crippen molar-refractivity contribution >= 4 is 45.4 Å². The Morgan fingerprint density at radius 1 is 0.970 bits per heavy atom. The number of pyridine rings is 1. The van der Waals surface area contributed by atoms with E-state index >= 15 is 0 Å². The summed E-state index contributed by atoms with van der Waals surface area (Å²) in [7, 11) is 3.58. The van der Waals surface area contributed by atoms with Gasteiger partial charge in [0, 0.05) is 41.0 Å². The molecule has 2 aromatic carbocycles. The van der Waals surface area contributed by atoms with E-state index in [1.165, 1.54) is 11.3 Å². The van der Waals surface area contributed by atoms with Crippen LogP contribution in [0.25, 0.3) is 21.3 Å². The SMILES string of the molecule is Cn1cncc1C(O)(c1ccc(Cl)cc1)c1ccc2c(c1)c(-c1ccc(Cl)s1)cc(=O)n2C. The Labute approximate surface area is 204 Å². The summed E-state index contributed by atoms with van der Waals surface area (Å²) in [6.45, 7) is 0. The molecule has 1 atom stereocenters. The molecule has 33 heavy (non-hydrogen) atoms. The molecule has 0 saturated heterocycles. The zero-order chi connectivity index (χ0) is 23.3. The molecule has 0 amide bonds. The van der Waals surface area contributed by atoms with Crippen LogP contribution in [0.15, 0.2) is 78.0 Å². The van der Waals surface area contributed by atoms with Crippen LogP contribution in [0.1, 0.15) is 16.8 Å². The Balaban J connectivity index is 1.83. The molecule has 0 bridgehead atoms. The van der Waals surface area contributed by atoms with Gasteiger partial charge in [0.2, 0.25) is 0 Å². The molecule has 0 fully saturated rings. The average Bonchev–Trinajstić information content (AvgIpc) is 3.44. The quantitative estimate of drug-likeness (QED) is 0.353. The van der Waals surface area contributed by atoms with Crippen molar-refractivity contribution in [3.05, 3.63) is 110 Å². The van der Waals surface area contributed by atoms with Crippen molar-refractivity contribution < 1.29 is 5.11 Å². The number of nitrogens with zero attached hydrogens (tertiary/aromatic N) is 3. The highest BCUT2D eigenvalue weighted by Gasteiger charge is 2.37. The molecular formula is C25H19Cl2N3O2S. The number of benzene rings is 2. The minimum Gasteiger partial charge on any atom is -0.374 e. The first kappa shape index (κ1) is 21.9. The summed E-state index contributed by atoms with van der Waals surface area (Å²) >= 11 is 13.7. The first-order valence-corrected chi connectivity index (χ1v) is 11.7. The van der Waals surface area contributed by atoms with Gasteiger partial charge in [0.15, 0.2) is 5.60 Å². The van der Waals surface area contributed by atoms with Crippen molar-refractivity contribution in [1.82, 2.24) is 14.1 Å². The lowest BCUT2D eigenvalue weighted by atomic mass is 9.82. The number of hydrogen-bond acceptors (Lipinski definition) is 4. The van der Waals surface area contributed by atoms with Crippen LogP contribution in [-0.2, 0) is 19.7 Å². The van der Waals surface area contributed by atoms with Gasteiger partial charge in [0.05, 0.1) is 28.1 Å². The van der Waals surface area contributed by atoms with Gasteiger partial charge in [-0.05, 0) is 47.5 Å². The van der Waals surface area contributed by atoms with E-state index in [4.69, 9.17) is 23.2 Å². The lowest BCUT2D eigenvalue weighted by Gasteiger charge is -2.30. The molecule has 5 nitrogen and oxygen atoms in total. The molecule has 1 unspecified atom stereocenters. The fraction of sp³-hybridized carbons (Fsp3) is 0.120. The zero-order valence-electron chi connectivity index (χ0n) is 17.8. The van der Waals surface area contributed by atoms with Gasteiger partial charge in [0.1, 0.15) is 0 Å². The van der Waals surface area contributed by atoms with Crippen LogP contribution < -0.4 is 5.56 Å². The molecule has 0 aliphatic rings. The molecular weight excluding hydrogens is 477 g/mol. The summed E-state index contributed by atoms with van der Waals surface area (Å²) in [5.74, 6) is 0. The second-order valence-electron chi connectivity index (χ2n) is 7.90. The summed E-state index contributed by atoms with van der Waals surface area (Å²) in [6, 6.07) is 18.1. The third kappa shape index (κ3) is 3.60. The fourth-order valence-corrected chi connectivity index (χ4v) is 5.41. The molecule has 0 saturated carbocycles. The molecule has 0 aliphatic heterocycles. The predicted octanol–water partition coefficient (Wildman–Crippen LogP) is 5.59. The minimum atomic E-state index is -1.50. The van der Waals surface area contributed by atoms with Crippen molar-refractivity contribution in [2.45, 2.75) is 5.60 Å². The number of fused-ring (bicyclic) bond motifs is 1. The van der Waals surface area contributed by atoms with Gasteiger partial charge in [-0.1, -0.05) is 41.4 Å². The van der Waals surface area contributed by atoms with Crippen LogP contribution in [0.2, 0.25) is 9.36 Å². The van der Waals surface area contributed by atoms with Crippen LogP contribution in [0.4, 0.5) is 0 Å². The summed E-state index contributed by atoms with van der Waals surface area (Å²) in [5.41, 5.74) is 1.82. The maximum absolute atomic E-state index is 12.7. The molecule has 5 rings (SSSR count). The topological polar surface area (TPSA) is 60.0 Å². The van der Waals surface area contributed by atoms with Crippen LogP contribution in [-0.4, -0.2) is 19.2 Å². The standard InChI is InChI=1S/C25H19Cl2N3O2S/c1-29-14-28-13-22(29)25(32,15-3-6-17(26)7-4-15)16-5-8-20-18(11-16)19(12-24(31)30(20)2)21-9-10-23(27)33-21/h3-14,32H,1-2H3. The van der Waals surface area contributed by atoms with Gasteiger partial charge in [-0.3, -0.25) is 4.79 Å². The first-order valence-electron chi connectivity index (χ1n) is 10.1. The van der Waals surface area contributed by atoms with E-state index in [1.807, 2.05) is 37.4 Å². The van der Waals surface area contributed by atoms with E-state index in [1.54, 1.807) is 59.0 Å². The Kier molecular flexibility index (Phi) is 5.41. The van der Waals surface area contributed by atoms with Crippen LogP contribution in [0.3, 0.4) is 0 Å². The monoisotopic (exact) mass is 495 g/mol. The largest absolute Gasteiger partial charge is 0.374 e. The molecule has 0 radical (unpaired) electrons. The highest BCUT2D eigenvalue weighted by molar-refractivity contribution is 7.19. The number of thiophene rings is 1. The first-order chi connectivity index (χ1) is 15.8. The highest BCUT2D eigenvalue weighted by atomic mass is 35.5. The Bertz CT molecular complexity index is 1550. The van der Waals surface area contributed by atoms with Crippen LogP contribution in [0, 0.1) is 0 Å². The second-order valence-corrected chi connectivity index (χ2v) is 10.0. The van der Waals surface area contributed by atoms with Crippen molar-refractivity contribution in [1.29, 1.82) is 0 Å². The molecule has 0 spiro atoms. The Hall–Kier alpha value is -2.90. The van der Waals surface area contributed by atoms with E-state index in [2.05, 4.69) is 4.98 Å². The van der Waals surface area contributed by atoms with E-state index in [9.17, 15) is 9.90 Å². The number of aryl methyl sites for hydroxylation is 2. The molecule has 3 heterocycles. The lowest BCUT2D eigenvalue weighted by molar-refractivity contribution is 0.117. The molecule has 166 valence electrons. The van der Waals surface area contributed by atoms with Crippen LogP contribution in [0.5, 0.6) is 0 Å². The number of halogens is 2. The van der Waals surface area contributed by atoms with E-state index < -0.39 is 5.60 Å². The van der Waals surface area contributed by atoms with Gasteiger partial charge in [-0.2, -0.15) is 0 Å². The molecule has 1 N–H and O–H groups in total. The highest BCUT2D eigenvalue weighted by Crippen LogP contribution is 2.40. The minimum absolute atomic E-state index is 0.116. The van der Waals surface area contributed by atoms with Gasteiger partial charge in [-0.25, -0.2) is 4.98 Å². The number of imidazole rings is 1. The van der Waals surface area contributed by atoms with E-state index in [0.29, 0.717) is 26.2 Å². The van der Waals surface area contributed by atoms with Crippen molar-refractivity contribution in [2.24, 2.45) is 14.1 Å². The number of rotatable bonds is 4. The Morgan fingerprint density at radius 2 is 1.70 bits per heavy atom. The van der Waals surface area contributed by atoms with Crippen molar-refractivity contribution in [2.75, 3.05) is 0 Å². The van der Waals surface area contributed by atoms with Crippen molar-refractivity contribution in [3.8, 4) is 10.4 Å². The molecule has 3 aromatic heterocycles. The van der Waals surface area contributed by atoms with Gasteiger partial charge in [0.25, 0.3) is 5.56 Å². The Morgan fingerprint density at radius 3 is 2.33 bits per heavy atom. The maximum Gasteiger partial charge on any atom is 0.251 e. The fourth-order valence-electron chi connectivity index (χ4n) is 4.21. The van der Waals surface area contributed by atoms with E-state index in [0.717, 1.165) is 21.3 Å². The summed E-state index contributed by atoms with van der Waals surface area (Å²) in [4.78, 5) is 17.8. The zero-order valence-corrected chi connectivity index (χ0v) is 20.1. The molecule has 0 aliphatic carbocycles. The van der Waals surface area contributed by atoms with E-state index in [-0.39, 0.29) is 5.56 Å². The smallest absolute Gasteiger partial charge is 0.251 e. The summed E-state index contributed by atoms with van der Waals surface area (Å²) in [5, 5.41) is 13.7. The van der Waals surface area contributed by atoms with Gasteiger partial charge < -0.3 is 14.2 Å². The van der Waals surface area contributed by atoms with Crippen LogP contribution >= 0.6 is 34.5 Å². The summed E-state index contributed by atoms with van der Waals surface area (Å²) in [6.07, 6.45) is 3.31. The normalized spacial score (nSPS) is 13.4. The number of aromatic nitrogens is 3. The average molecular weight is 496 g/mol. The summed E-state index contributed by atoms with van der Waals surface area (Å²) < 4.78 is 4.03. The predicted molar refractivity (Wildman–Crippen MR) is 134 cm³/mol. The second kappa shape index (κ2) is 8.15. The number of hydrogen-bond donors (Lipinski definition) is 1. The maximum atomic E-state index is 12.7. The third-order valence-electron chi connectivity index (χ3n) is 5.95. The third-order valence-corrected chi connectivity index (χ3v) is 7.47. The molecule has 5 aromatic rings.